The lowest BCUT2D eigenvalue weighted by atomic mass is 9.98. The molecule has 164 valence electrons. The first-order chi connectivity index (χ1) is 15.1. The lowest BCUT2D eigenvalue weighted by Gasteiger charge is -2.22. The number of rotatable bonds is 7. The molecule has 1 aliphatic carbocycles. The average Bonchev–Trinajstić information content (AvgIpc) is 2.75. The standard InChI is InChI=1S/C25H29NO5/c1-30-23-17-18(13-15-22(23)31-19-9-5-3-2-4-6-10-19)14-16-24(27)26-21-12-8-7-11-20(21)25(28)29/h7-8,11-17,19H,2-6,9-10H2,1H3,(H,26,27)(H,28,29)/b16-14+. The summed E-state index contributed by atoms with van der Waals surface area (Å²) in [6, 6.07) is 11.9. The van der Waals surface area contributed by atoms with Crippen LogP contribution in [0, 0.1) is 0 Å². The molecule has 0 heterocycles. The van der Waals surface area contributed by atoms with Crippen molar-refractivity contribution in [3.63, 3.8) is 0 Å². The van der Waals surface area contributed by atoms with Crippen molar-refractivity contribution < 1.29 is 24.2 Å². The largest absolute Gasteiger partial charge is 0.493 e. The molecule has 0 unspecified atom stereocenters. The molecule has 31 heavy (non-hydrogen) atoms. The summed E-state index contributed by atoms with van der Waals surface area (Å²) in [7, 11) is 1.60. The second-order valence-electron chi connectivity index (χ2n) is 7.67. The fourth-order valence-electron chi connectivity index (χ4n) is 3.73. The van der Waals surface area contributed by atoms with Crippen molar-refractivity contribution in [2.75, 3.05) is 12.4 Å². The van der Waals surface area contributed by atoms with E-state index in [0.29, 0.717) is 11.5 Å². The zero-order valence-corrected chi connectivity index (χ0v) is 17.8. The first kappa shape index (κ1) is 22.4. The molecule has 2 N–H and O–H groups in total. The van der Waals surface area contributed by atoms with E-state index in [1.54, 1.807) is 31.4 Å². The summed E-state index contributed by atoms with van der Waals surface area (Å²) in [5.41, 5.74) is 1.08. The van der Waals surface area contributed by atoms with Crippen molar-refractivity contribution in [3.05, 3.63) is 59.7 Å². The zero-order chi connectivity index (χ0) is 22.1. The quantitative estimate of drug-likeness (QED) is 0.572. The third kappa shape index (κ3) is 6.60. The number of hydrogen-bond acceptors (Lipinski definition) is 4. The summed E-state index contributed by atoms with van der Waals surface area (Å²) >= 11 is 0. The number of para-hydroxylation sites is 1. The molecule has 0 aromatic heterocycles. The number of amides is 1. The highest BCUT2D eigenvalue weighted by Crippen LogP contribution is 2.31. The molecule has 0 atom stereocenters. The maximum absolute atomic E-state index is 12.3. The van der Waals surface area contributed by atoms with Crippen molar-refractivity contribution >= 4 is 23.6 Å². The molecule has 6 heteroatoms. The van der Waals surface area contributed by atoms with Crippen LogP contribution in [-0.4, -0.2) is 30.2 Å². The fraction of sp³-hybridized carbons (Fsp3) is 0.360. The SMILES string of the molecule is COc1cc(/C=C/C(=O)Nc2ccccc2C(=O)O)ccc1OC1CCCCCCC1. The van der Waals surface area contributed by atoms with Gasteiger partial charge in [-0.15, -0.1) is 0 Å². The highest BCUT2D eigenvalue weighted by molar-refractivity contribution is 6.06. The first-order valence-corrected chi connectivity index (χ1v) is 10.7. The van der Waals surface area contributed by atoms with Crippen LogP contribution in [0.3, 0.4) is 0 Å². The normalized spacial score (nSPS) is 15.1. The molecule has 0 saturated heterocycles. The Labute approximate surface area is 182 Å². The number of carboxylic acid groups (broad SMARTS) is 1. The number of anilines is 1. The Morgan fingerprint density at radius 1 is 1.00 bits per heavy atom. The third-order valence-corrected chi connectivity index (χ3v) is 5.38. The Balaban J connectivity index is 1.65. The molecule has 1 saturated carbocycles. The lowest BCUT2D eigenvalue weighted by Crippen LogP contribution is -2.18. The zero-order valence-electron chi connectivity index (χ0n) is 17.8. The Morgan fingerprint density at radius 3 is 2.42 bits per heavy atom. The van der Waals surface area contributed by atoms with Crippen molar-refractivity contribution in [2.45, 2.75) is 51.0 Å². The van der Waals surface area contributed by atoms with Crippen LogP contribution >= 0.6 is 0 Å². The van der Waals surface area contributed by atoms with Gasteiger partial charge in [-0.2, -0.15) is 0 Å². The molecule has 1 fully saturated rings. The Bertz CT molecular complexity index is 929. The van der Waals surface area contributed by atoms with Gasteiger partial charge in [-0.25, -0.2) is 4.79 Å². The topological polar surface area (TPSA) is 84.9 Å². The number of carbonyl (C=O) groups is 2. The summed E-state index contributed by atoms with van der Waals surface area (Å²) in [6.45, 7) is 0. The number of benzene rings is 2. The molecule has 1 amide bonds. The van der Waals surface area contributed by atoms with Gasteiger partial charge in [0.25, 0.3) is 0 Å². The maximum Gasteiger partial charge on any atom is 0.337 e. The van der Waals surface area contributed by atoms with Gasteiger partial charge in [0.1, 0.15) is 0 Å². The Hall–Kier alpha value is -3.28. The Morgan fingerprint density at radius 2 is 1.71 bits per heavy atom. The molecule has 1 aliphatic rings. The number of carboxylic acids is 1. The second kappa shape index (κ2) is 11.2. The van der Waals surface area contributed by atoms with Crippen LogP contribution in [-0.2, 0) is 4.79 Å². The lowest BCUT2D eigenvalue weighted by molar-refractivity contribution is -0.111. The van der Waals surface area contributed by atoms with Gasteiger partial charge in [0.15, 0.2) is 11.5 Å². The molecular weight excluding hydrogens is 394 g/mol. The van der Waals surface area contributed by atoms with Crippen LogP contribution in [0.15, 0.2) is 48.5 Å². The average molecular weight is 424 g/mol. The predicted octanol–water partition coefficient (Wildman–Crippen LogP) is 5.54. The number of nitrogens with one attached hydrogen (secondary N) is 1. The monoisotopic (exact) mass is 423 g/mol. The minimum Gasteiger partial charge on any atom is -0.493 e. The van der Waals surface area contributed by atoms with Crippen molar-refractivity contribution in [3.8, 4) is 11.5 Å². The Kier molecular flexibility index (Phi) is 8.10. The van der Waals surface area contributed by atoms with Gasteiger partial charge in [-0.3, -0.25) is 4.79 Å². The van der Waals surface area contributed by atoms with E-state index in [1.165, 1.54) is 44.2 Å². The van der Waals surface area contributed by atoms with E-state index < -0.39 is 11.9 Å². The highest BCUT2D eigenvalue weighted by atomic mass is 16.5. The van der Waals surface area contributed by atoms with Gasteiger partial charge in [-0.1, -0.05) is 37.5 Å². The second-order valence-corrected chi connectivity index (χ2v) is 7.67. The van der Waals surface area contributed by atoms with Crippen molar-refractivity contribution in [2.24, 2.45) is 0 Å². The molecule has 0 radical (unpaired) electrons. The van der Waals surface area contributed by atoms with Crippen LogP contribution in [0.2, 0.25) is 0 Å². The van der Waals surface area contributed by atoms with E-state index >= 15 is 0 Å². The smallest absolute Gasteiger partial charge is 0.337 e. The summed E-state index contributed by atoms with van der Waals surface area (Å²) < 4.78 is 11.7. The summed E-state index contributed by atoms with van der Waals surface area (Å²) in [4.78, 5) is 23.5. The minimum atomic E-state index is -1.09. The van der Waals surface area contributed by atoms with Gasteiger partial charge >= 0.3 is 5.97 Å². The van der Waals surface area contributed by atoms with Crippen LogP contribution in [0.4, 0.5) is 5.69 Å². The van der Waals surface area contributed by atoms with Gasteiger partial charge in [0.2, 0.25) is 5.91 Å². The maximum atomic E-state index is 12.3. The van der Waals surface area contributed by atoms with E-state index in [9.17, 15) is 14.7 Å². The predicted molar refractivity (Wildman–Crippen MR) is 121 cm³/mol. The molecule has 0 spiro atoms. The number of ether oxygens (including phenoxy) is 2. The third-order valence-electron chi connectivity index (χ3n) is 5.38. The van der Waals surface area contributed by atoms with E-state index in [1.807, 2.05) is 18.2 Å². The first-order valence-electron chi connectivity index (χ1n) is 10.7. The van der Waals surface area contributed by atoms with Crippen LogP contribution in [0.5, 0.6) is 11.5 Å². The summed E-state index contributed by atoms with van der Waals surface area (Å²) in [6.07, 6.45) is 11.6. The fourth-order valence-corrected chi connectivity index (χ4v) is 3.73. The van der Waals surface area contributed by atoms with E-state index in [-0.39, 0.29) is 17.4 Å². The molecular formula is C25H29NO5. The summed E-state index contributed by atoms with van der Waals surface area (Å²) in [5.74, 6) is -0.169. The van der Waals surface area contributed by atoms with E-state index in [2.05, 4.69) is 5.32 Å². The molecule has 2 aromatic rings. The number of hydrogen-bond donors (Lipinski definition) is 2. The molecule has 6 nitrogen and oxygen atoms in total. The van der Waals surface area contributed by atoms with Crippen molar-refractivity contribution in [1.29, 1.82) is 0 Å². The van der Waals surface area contributed by atoms with Crippen LogP contribution < -0.4 is 14.8 Å². The molecule has 2 aromatic carbocycles. The minimum absolute atomic E-state index is 0.0432. The molecule has 0 aliphatic heterocycles. The molecule has 3 rings (SSSR count). The van der Waals surface area contributed by atoms with Gasteiger partial charge in [-0.05, 0) is 61.6 Å². The van der Waals surface area contributed by atoms with E-state index in [0.717, 1.165) is 18.4 Å². The van der Waals surface area contributed by atoms with Crippen LogP contribution in [0.1, 0.15) is 60.9 Å². The van der Waals surface area contributed by atoms with E-state index in [4.69, 9.17) is 9.47 Å². The van der Waals surface area contributed by atoms with Crippen LogP contribution in [0.25, 0.3) is 6.08 Å². The van der Waals surface area contributed by atoms with Gasteiger partial charge in [0.05, 0.1) is 24.5 Å². The number of aromatic carboxylic acids is 1. The number of carbonyl (C=O) groups excluding carboxylic acids is 1. The number of methoxy groups -OCH3 is 1. The summed E-state index contributed by atoms with van der Waals surface area (Å²) in [5, 5.41) is 11.8. The van der Waals surface area contributed by atoms with Gasteiger partial charge < -0.3 is 19.9 Å². The van der Waals surface area contributed by atoms with Gasteiger partial charge in [0, 0.05) is 6.08 Å². The molecule has 0 bridgehead atoms. The van der Waals surface area contributed by atoms with Crippen molar-refractivity contribution in [1.82, 2.24) is 0 Å². The highest BCUT2D eigenvalue weighted by Gasteiger charge is 2.15.